The standard InChI is InChI=1S/C18H23N3O2S/c1-13-5-3-4-6-16(13)24-15-7-9-21(10-8-15)12-18(22)19-17-11-14(2)23-20-17/h3-6,11,15H,7-10,12H2,1-2H3,(H,19,20,22). The summed E-state index contributed by atoms with van der Waals surface area (Å²) in [6.45, 7) is 6.28. The van der Waals surface area contributed by atoms with Gasteiger partial charge in [-0.25, -0.2) is 0 Å². The second-order valence-electron chi connectivity index (χ2n) is 6.23. The van der Waals surface area contributed by atoms with E-state index in [1.54, 1.807) is 13.0 Å². The van der Waals surface area contributed by atoms with E-state index >= 15 is 0 Å². The summed E-state index contributed by atoms with van der Waals surface area (Å²) >= 11 is 1.97. The van der Waals surface area contributed by atoms with E-state index in [-0.39, 0.29) is 5.91 Å². The molecule has 128 valence electrons. The van der Waals surface area contributed by atoms with Crippen molar-refractivity contribution in [2.45, 2.75) is 36.8 Å². The van der Waals surface area contributed by atoms with Crippen LogP contribution in [0.15, 0.2) is 39.8 Å². The summed E-state index contributed by atoms with van der Waals surface area (Å²) in [7, 11) is 0. The molecule has 0 saturated carbocycles. The molecule has 2 heterocycles. The lowest BCUT2D eigenvalue weighted by molar-refractivity contribution is -0.117. The molecule has 1 aliphatic rings. The van der Waals surface area contributed by atoms with E-state index in [0.717, 1.165) is 25.9 Å². The Hall–Kier alpha value is -1.79. The van der Waals surface area contributed by atoms with Crippen LogP contribution in [-0.4, -0.2) is 40.8 Å². The predicted molar refractivity (Wildman–Crippen MR) is 96.4 cm³/mol. The molecular weight excluding hydrogens is 322 g/mol. The zero-order valence-corrected chi connectivity index (χ0v) is 14.9. The van der Waals surface area contributed by atoms with Crippen molar-refractivity contribution >= 4 is 23.5 Å². The molecule has 0 atom stereocenters. The number of aromatic nitrogens is 1. The van der Waals surface area contributed by atoms with Crippen molar-refractivity contribution in [3.63, 3.8) is 0 Å². The molecule has 0 unspecified atom stereocenters. The molecule has 1 N–H and O–H groups in total. The number of thioether (sulfide) groups is 1. The number of hydrogen-bond acceptors (Lipinski definition) is 5. The first-order valence-corrected chi connectivity index (χ1v) is 9.16. The van der Waals surface area contributed by atoms with Crippen LogP contribution in [0.3, 0.4) is 0 Å². The Labute approximate surface area is 146 Å². The maximum Gasteiger partial charge on any atom is 0.239 e. The van der Waals surface area contributed by atoms with Crippen LogP contribution in [0.1, 0.15) is 24.2 Å². The summed E-state index contributed by atoms with van der Waals surface area (Å²) in [5, 5.41) is 7.19. The summed E-state index contributed by atoms with van der Waals surface area (Å²) in [4.78, 5) is 15.6. The summed E-state index contributed by atoms with van der Waals surface area (Å²) in [5.74, 6) is 1.15. The average Bonchev–Trinajstić information content (AvgIpc) is 2.96. The van der Waals surface area contributed by atoms with Gasteiger partial charge in [0.15, 0.2) is 5.82 Å². The van der Waals surface area contributed by atoms with Gasteiger partial charge in [0.25, 0.3) is 0 Å². The summed E-state index contributed by atoms with van der Waals surface area (Å²) < 4.78 is 4.95. The molecular formula is C18H23N3O2S. The molecule has 1 fully saturated rings. The van der Waals surface area contributed by atoms with E-state index in [1.807, 2.05) is 11.8 Å². The average molecular weight is 345 g/mol. The number of rotatable bonds is 5. The van der Waals surface area contributed by atoms with Gasteiger partial charge in [0.1, 0.15) is 5.76 Å². The molecule has 1 aromatic carbocycles. The normalized spacial score (nSPS) is 16.2. The zero-order chi connectivity index (χ0) is 16.9. The van der Waals surface area contributed by atoms with Gasteiger partial charge in [-0.3, -0.25) is 9.69 Å². The molecule has 0 aliphatic carbocycles. The molecule has 6 heteroatoms. The van der Waals surface area contributed by atoms with Crippen LogP contribution < -0.4 is 5.32 Å². The minimum absolute atomic E-state index is 0.0340. The molecule has 24 heavy (non-hydrogen) atoms. The van der Waals surface area contributed by atoms with Crippen LogP contribution in [0, 0.1) is 13.8 Å². The highest BCUT2D eigenvalue weighted by atomic mass is 32.2. The fraction of sp³-hybridized carbons (Fsp3) is 0.444. The van der Waals surface area contributed by atoms with Gasteiger partial charge in [0, 0.05) is 16.2 Å². The topological polar surface area (TPSA) is 58.4 Å². The van der Waals surface area contributed by atoms with Crippen molar-refractivity contribution in [3.05, 3.63) is 41.7 Å². The Morgan fingerprint density at radius 1 is 1.33 bits per heavy atom. The van der Waals surface area contributed by atoms with Gasteiger partial charge in [0.2, 0.25) is 5.91 Å². The van der Waals surface area contributed by atoms with E-state index in [1.165, 1.54) is 10.5 Å². The first kappa shape index (κ1) is 17.0. The number of anilines is 1. The number of hydrogen-bond donors (Lipinski definition) is 1. The molecule has 1 amide bonds. The Morgan fingerprint density at radius 3 is 2.75 bits per heavy atom. The van der Waals surface area contributed by atoms with Gasteiger partial charge in [-0.1, -0.05) is 23.4 Å². The number of benzene rings is 1. The van der Waals surface area contributed by atoms with Gasteiger partial charge in [0.05, 0.1) is 6.54 Å². The lowest BCUT2D eigenvalue weighted by Gasteiger charge is -2.31. The Balaban J connectivity index is 1.43. The molecule has 0 bridgehead atoms. The highest BCUT2D eigenvalue weighted by molar-refractivity contribution is 8.00. The third-order valence-corrected chi connectivity index (χ3v) is 5.70. The third kappa shape index (κ3) is 4.61. The van der Waals surface area contributed by atoms with Crippen molar-refractivity contribution < 1.29 is 9.32 Å². The second-order valence-corrected chi connectivity index (χ2v) is 7.57. The second kappa shape index (κ2) is 7.85. The molecule has 1 saturated heterocycles. The number of carbonyl (C=O) groups is 1. The lowest BCUT2D eigenvalue weighted by Crippen LogP contribution is -2.40. The minimum Gasteiger partial charge on any atom is -0.360 e. The van der Waals surface area contributed by atoms with Crippen molar-refractivity contribution in [3.8, 4) is 0 Å². The molecule has 1 aromatic heterocycles. The SMILES string of the molecule is Cc1cc(NC(=O)CN2CCC(Sc3ccccc3C)CC2)no1. The number of aryl methyl sites for hydroxylation is 2. The van der Waals surface area contributed by atoms with Crippen molar-refractivity contribution in [2.24, 2.45) is 0 Å². The number of carbonyl (C=O) groups excluding carboxylic acids is 1. The summed E-state index contributed by atoms with van der Waals surface area (Å²) in [5.41, 5.74) is 1.34. The molecule has 5 nitrogen and oxygen atoms in total. The van der Waals surface area contributed by atoms with Crippen LogP contribution in [0.25, 0.3) is 0 Å². The Morgan fingerprint density at radius 2 is 2.08 bits per heavy atom. The smallest absolute Gasteiger partial charge is 0.239 e. The fourth-order valence-electron chi connectivity index (χ4n) is 2.86. The van der Waals surface area contributed by atoms with E-state index < -0.39 is 0 Å². The van der Waals surface area contributed by atoms with Crippen molar-refractivity contribution in [2.75, 3.05) is 25.0 Å². The zero-order valence-electron chi connectivity index (χ0n) is 14.1. The number of nitrogens with zero attached hydrogens (tertiary/aromatic N) is 2. The Bertz CT molecular complexity index is 693. The Kier molecular flexibility index (Phi) is 5.58. The minimum atomic E-state index is -0.0340. The van der Waals surface area contributed by atoms with Gasteiger partial charge in [-0.05, 0) is 51.4 Å². The highest BCUT2D eigenvalue weighted by Crippen LogP contribution is 2.32. The monoisotopic (exact) mass is 345 g/mol. The third-order valence-electron chi connectivity index (χ3n) is 4.18. The molecule has 3 rings (SSSR count). The van der Waals surface area contributed by atoms with Crippen LogP contribution >= 0.6 is 11.8 Å². The molecule has 0 radical (unpaired) electrons. The largest absolute Gasteiger partial charge is 0.360 e. The number of piperidine rings is 1. The lowest BCUT2D eigenvalue weighted by atomic mass is 10.1. The number of likely N-dealkylation sites (tertiary alicyclic amines) is 1. The van der Waals surface area contributed by atoms with Gasteiger partial charge < -0.3 is 9.84 Å². The summed E-state index contributed by atoms with van der Waals surface area (Å²) in [6, 6.07) is 10.3. The highest BCUT2D eigenvalue weighted by Gasteiger charge is 2.22. The van der Waals surface area contributed by atoms with Crippen LogP contribution in [0.2, 0.25) is 0 Å². The van der Waals surface area contributed by atoms with Gasteiger partial charge in [-0.15, -0.1) is 11.8 Å². The van der Waals surface area contributed by atoms with Gasteiger partial charge in [-0.2, -0.15) is 0 Å². The van der Waals surface area contributed by atoms with E-state index in [9.17, 15) is 4.79 Å². The predicted octanol–water partition coefficient (Wildman–Crippen LogP) is 3.49. The quantitative estimate of drug-likeness (QED) is 0.899. The van der Waals surface area contributed by atoms with E-state index in [0.29, 0.717) is 23.4 Å². The first-order valence-electron chi connectivity index (χ1n) is 8.28. The van der Waals surface area contributed by atoms with E-state index in [2.05, 4.69) is 46.6 Å². The maximum atomic E-state index is 12.1. The fourth-order valence-corrected chi connectivity index (χ4v) is 4.08. The molecule has 2 aromatic rings. The van der Waals surface area contributed by atoms with E-state index in [4.69, 9.17) is 4.52 Å². The van der Waals surface area contributed by atoms with Crippen LogP contribution in [-0.2, 0) is 4.79 Å². The first-order chi connectivity index (χ1) is 11.6. The van der Waals surface area contributed by atoms with Crippen molar-refractivity contribution in [1.82, 2.24) is 10.1 Å². The molecule has 1 aliphatic heterocycles. The summed E-state index contributed by atoms with van der Waals surface area (Å²) in [6.07, 6.45) is 2.21. The maximum absolute atomic E-state index is 12.1. The molecule has 0 spiro atoms. The number of nitrogens with one attached hydrogen (secondary N) is 1. The van der Waals surface area contributed by atoms with Crippen LogP contribution in [0.5, 0.6) is 0 Å². The number of amides is 1. The van der Waals surface area contributed by atoms with Crippen molar-refractivity contribution in [1.29, 1.82) is 0 Å². The van der Waals surface area contributed by atoms with Crippen LogP contribution in [0.4, 0.5) is 5.82 Å². The van der Waals surface area contributed by atoms with Gasteiger partial charge >= 0.3 is 0 Å².